The molecular formula is C17H30O4. The van der Waals surface area contributed by atoms with Crippen molar-refractivity contribution in [1.29, 1.82) is 0 Å². The van der Waals surface area contributed by atoms with Crippen molar-refractivity contribution in [2.75, 3.05) is 13.7 Å². The van der Waals surface area contributed by atoms with Gasteiger partial charge in [-0.2, -0.15) is 0 Å². The molecule has 0 amide bonds. The second-order valence-electron chi connectivity index (χ2n) is 6.42. The second-order valence-corrected chi connectivity index (χ2v) is 6.42. The molecule has 1 fully saturated rings. The van der Waals surface area contributed by atoms with Gasteiger partial charge in [0, 0.05) is 12.5 Å². The Balaban J connectivity index is 2.38. The fraction of sp³-hybridized carbons (Fsp3) is 0.882. The number of rotatable bonds is 10. The maximum Gasteiger partial charge on any atom is 0.311 e. The van der Waals surface area contributed by atoms with E-state index in [9.17, 15) is 9.59 Å². The molecule has 0 aromatic carbocycles. The lowest BCUT2D eigenvalue weighted by molar-refractivity contribution is -0.153. The summed E-state index contributed by atoms with van der Waals surface area (Å²) in [6, 6.07) is 0. The number of methoxy groups -OCH3 is 1. The molecule has 0 saturated heterocycles. The Morgan fingerprint density at radius 3 is 2.29 bits per heavy atom. The molecule has 0 bridgehead atoms. The maximum atomic E-state index is 12.1. The van der Waals surface area contributed by atoms with Crippen molar-refractivity contribution in [3.05, 3.63) is 0 Å². The summed E-state index contributed by atoms with van der Waals surface area (Å²) in [5, 5.41) is 8.73. The van der Waals surface area contributed by atoms with E-state index in [0.29, 0.717) is 6.42 Å². The van der Waals surface area contributed by atoms with E-state index in [4.69, 9.17) is 9.84 Å². The minimum atomic E-state index is -0.420. The Morgan fingerprint density at radius 2 is 1.76 bits per heavy atom. The lowest BCUT2D eigenvalue weighted by Crippen LogP contribution is -2.30. The first-order valence-electron chi connectivity index (χ1n) is 8.25. The number of unbranched alkanes of at least 4 members (excludes halogenated alkanes) is 5. The Hall–Kier alpha value is -0.900. The number of carbonyl (C=O) groups excluding carboxylic acids is 2. The SMILES string of the molecule is COC(=O)C1(CCCCCCCCO)CCC(C(C)=O)C1. The maximum absolute atomic E-state index is 12.1. The molecule has 1 N–H and O–H groups in total. The molecule has 4 nitrogen and oxygen atoms in total. The number of Topliss-reactive ketones (excluding diaryl/α,β-unsaturated/α-hetero) is 1. The predicted molar refractivity (Wildman–Crippen MR) is 81.9 cm³/mol. The lowest BCUT2D eigenvalue weighted by atomic mass is 9.79. The van der Waals surface area contributed by atoms with Gasteiger partial charge in [0.15, 0.2) is 0 Å². The van der Waals surface area contributed by atoms with Crippen molar-refractivity contribution in [2.45, 2.75) is 71.1 Å². The highest BCUT2D eigenvalue weighted by Gasteiger charge is 2.46. The van der Waals surface area contributed by atoms with Gasteiger partial charge in [-0.3, -0.25) is 9.59 Å². The number of carbonyl (C=O) groups is 2. The van der Waals surface area contributed by atoms with Crippen molar-refractivity contribution >= 4 is 11.8 Å². The molecule has 122 valence electrons. The molecular weight excluding hydrogens is 268 g/mol. The zero-order chi connectivity index (χ0) is 15.7. The van der Waals surface area contributed by atoms with Crippen LogP contribution in [-0.2, 0) is 14.3 Å². The van der Waals surface area contributed by atoms with Gasteiger partial charge in [-0.1, -0.05) is 32.1 Å². The zero-order valence-electron chi connectivity index (χ0n) is 13.5. The number of hydrogen-bond donors (Lipinski definition) is 1. The Kier molecular flexibility index (Phi) is 7.94. The Bertz CT molecular complexity index is 340. The summed E-state index contributed by atoms with van der Waals surface area (Å²) >= 11 is 0. The molecule has 1 saturated carbocycles. The van der Waals surface area contributed by atoms with Gasteiger partial charge in [0.05, 0.1) is 12.5 Å². The predicted octanol–water partition coefficient (Wildman–Crippen LogP) is 3.26. The number of ether oxygens (including phenoxy) is 1. The summed E-state index contributed by atoms with van der Waals surface area (Å²) < 4.78 is 5.00. The first-order chi connectivity index (χ1) is 10.1. The first kappa shape index (κ1) is 18.1. The number of ketones is 1. The van der Waals surface area contributed by atoms with Crippen molar-refractivity contribution < 1.29 is 19.4 Å². The Labute approximate surface area is 128 Å². The summed E-state index contributed by atoms with van der Waals surface area (Å²) in [5.74, 6) is 0.102. The fourth-order valence-electron chi connectivity index (χ4n) is 3.49. The van der Waals surface area contributed by atoms with Crippen molar-refractivity contribution in [3.63, 3.8) is 0 Å². The van der Waals surface area contributed by atoms with Crippen molar-refractivity contribution in [1.82, 2.24) is 0 Å². The number of hydrogen-bond acceptors (Lipinski definition) is 4. The summed E-state index contributed by atoms with van der Waals surface area (Å²) in [4.78, 5) is 23.7. The molecule has 21 heavy (non-hydrogen) atoms. The highest BCUT2D eigenvalue weighted by atomic mass is 16.5. The van der Waals surface area contributed by atoms with Gasteiger partial charge in [0.1, 0.15) is 5.78 Å². The van der Waals surface area contributed by atoms with Gasteiger partial charge in [-0.25, -0.2) is 0 Å². The molecule has 0 aliphatic heterocycles. The van der Waals surface area contributed by atoms with Gasteiger partial charge in [0.25, 0.3) is 0 Å². The second kappa shape index (κ2) is 9.19. The molecule has 4 heteroatoms. The zero-order valence-corrected chi connectivity index (χ0v) is 13.5. The van der Waals surface area contributed by atoms with E-state index in [2.05, 4.69) is 0 Å². The van der Waals surface area contributed by atoms with Crippen molar-refractivity contribution in [3.8, 4) is 0 Å². The molecule has 1 rings (SSSR count). The van der Waals surface area contributed by atoms with Gasteiger partial charge < -0.3 is 9.84 Å². The normalized spacial score (nSPS) is 25.0. The number of aliphatic hydroxyl groups excluding tert-OH is 1. The van der Waals surface area contributed by atoms with Gasteiger partial charge in [-0.05, 0) is 39.0 Å². The molecule has 2 atom stereocenters. The highest BCUT2D eigenvalue weighted by Crippen LogP contribution is 2.46. The van der Waals surface area contributed by atoms with Gasteiger partial charge in [-0.15, -0.1) is 0 Å². The third-order valence-electron chi connectivity index (χ3n) is 4.87. The van der Waals surface area contributed by atoms with Crippen LogP contribution >= 0.6 is 0 Å². The van der Waals surface area contributed by atoms with Crippen LogP contribution in [0.4, 0.5) is 0 Å². The third kappa shape index (κ3) is 5.42. The number of aliphatic hydroxyl groups is 1. The topological polar surface area (TPSA) is 63.6 Å². The van der Waals surface area contributed by atoms with E-state index in [-0.39, 0.29) is 24.3 Å². The number of esters is 1. The Morgan fingerprint density at radius 1 is 1.14 bits per heavy atom. The van der Waals surface area contributed by atoms with Crippen LogP contribution in [0.2, 0.25) is 0 Å². The standard InChI is InChI=1S/C17H30O4/c1-14(19)15-9-11-17(13-15,16(20)21-2)10-7-5-3-4-6-8-12-18/h15,18H,3-13H2,1-2H3. The molecule has 2 unspecified atom stereocenters. The van der Waals surface area contributed by atoms with Crippen LogP contribution in [0.5, 0.6) is 0 Å². The van der Waals surface area contributed by atoms with Crippen LogP contribution in [0.25, 0.3) is 0 Å². The molecule has 1 aliphatic rings. The van der Waals surface area contributed by atoms with E-state index in [1.165, 1.54) is 7.11 Å². The average Bonchev–Trinajstić information content (AvgIpc) is 2.91. The summed E-state index contributed by atoms with van der Waals surface area (Å²) in [6.07, 6.45) is 9.47. The average molecular weight is 298 g/mol. The smallest absolute Gasteiger partial charge is 0.311 e. The minimum Gasteiger partial charge on any atom is -0.469 e. The van der Waals surface area contributed by atoms with Crippen LogP contribution in [0.3, 0.4) is 0 Å². The molecule has 0 radical (unpaired) electrons. The fourth-order valence-corrected chi connectivity index (χ4v) is 3.49. The van der Waals surface area contributed by atoms with Gasteiger partial charge in [0.2, 0.25) is 0 Å². The largest absolute Gasteiger partial charge is 0.469 e. The summed E-state index contributed by atoms with van der Waals surface area (Å²) in [5.41, 5.74) is -0.420. The van der Waals surface area contributed by atoms with Crippen LogP contribution in [0.15, 0.2) is 0 Å². The van der Waals surface area contributed by atoms with Crippen LogP contribution in [-0.4, -0.2) is 30.6 Å². The summed E-state index contributed by atoms with van der Waals surface area (Å²) in [7, 11) is 1.44. The molecule has 0 aromatic heterocycles. The van der Waals surface area contributed by atoms with Crippen LogP contribution < -0.4 is 0 Å². The lowest BCUT2D eigenvalue weighted by Gasteiger charge is -2.26. The van der Waals surface area contributed by atoms with E-state index < -0.39 is 5.41 Å². The highest BCUT2D eigenvalue weighted by molar-refractivity contribution is 5.82. The summed E-state index contributed by atoms with van der Waals surface area (Å²) in [6.45, 7) is 1.90. The molecule has 0 aromatic rings. The third-order valence-corrected chi connectivity index (χ3v) is 4.87. The van der Waals surface area contributed by atoms with E-state index >= 15 is 0 Å². The molecule has 0 spiro atoms. The van der Waals surface area contributed by atoms with Crippen molar-refractivity contribution in [2.24, 2.45) is 11.3 Å². The van der Waals surface area contributed by atoms with E-state index in [1.54, 1.807) is 6.92 Å². The van der Waals surface area contributed by atoms with Crippen LogP contribution in [0.1, 0.15) is 71.1 Å². The first-order valence-corrected chi connectivity index (χ1v) is 8.25. The molecule has 0 heterocycles. The molecule has 1 aliphatic carbocycles. The van der Waals surface area contributed by atoms with E-state index in [0.717, 1.165) is 57.8 Å². The van der Waals surface area contributed by atoms with E-state index in [1.807, 2.05) is 0 Å². The minimum absolute atomic E-state index is 0.0358. The van der Waals surface area contributed by atoms with Crippen LogP contribution in [0, 0.1) is 11.3 Å². The monoisotopic (exact) mass is 298 g/mol. The quantitative estimate of drug-likeness (QED) is 0.496. The van der Waals surface area contributed by atoms with Gasteiger partial charge >= 0.3 is 5.97 Å².